The van der Waals surface area contributed by atoms with Crippen molar-refractivity contribution in [1.82, 2.24) is 5.32 Å². The zero-order chi connectivity index (χ0) is 17.7. The van der Waals surface area contributed by atoms with Crippen molar-refractivity contribution in [3.05, 3.63) is 18.2 Å². The number of carbonyl (C=O) groups excluding carboxylic acids is 1. The second-order valence-corrected chi connectivity index (χ2v) is 6.56. The molecule has 1 amide bonds. The number of nitrogens with two attached hydrogens (primary N) is 1. The lowest BCUT2D eigenvalue weighted by atomic mass is 10.0. The van der Waals surface area contributed by atoms with Gasteiger partial charge in [0.05, 0.1) is 14.2 Å². The van der Waals surface area contributed by atoms with Crippen LogP contribution in [0.1, 0.15) is 20.3 Å². The van der Waals surface area contributed by atoms with Crippen molar-refractivity contribution in [3.8, 4) is 11.5 Å². The average molecular weight is 335 g/mol. The first-order valence-corrected chi connectivity index (χ1v) is 8.46. The first-order valence-electron chi connectivity index (χ1n) is 8.46. The van der Waals surface area contributed by atoms with Crippen LogP contribution in [-0.2, 0) is 4.79 Å². The van der Waals surface area contributed by atoms with Crippen molar-refractivity contribution >= 4 is 11.6 Å². The number of rotatable bonds is 7. The van der Waals surface area contributed by atoms with E-state index >= 15 is 0 Å². The van der Waals surface area contributed by atoms with Gasteiger partial charge in [-0.25, -0.2) is 0 Å². The van der Waals surface area contributed by atoms with Gasteiger partial charge < -0.3 is 25.4 Å². The van der Waals surface area contributed by atoms with Gasteiger partial charge in [0, 0.05) is 55.5 Å². The number of hydrogen-bond donors (Lipinski definition) is 2. The van der Waals surface area contributed by atoms with E-state index in [-0.39, 0.29) is 17.9 Å². The molecule has 134 valence electrons. The number of carbonyl (C=O) groups is 1. The van der Waals surface area contributed by atoms with Crippen molar-refractivity contribution < 1.29 is 14.3 Å². The lowest BCUT2D eigenvalue weighted by molar-refractivity contribution is -0.125. The largest absolute Gasteiger partial charge is 0.497 e. The summed E-state index contributed by atoms with van der Waals surface area (Å²) < 4.78 is 10.7. The fourth-order valence-electron chi connectivity index (χ4n) is 2.85. The maximum absolute atomic E-state index is 12.0. The van der Waals surface area contributed by atoms with Gasteiger partial charge in [-0.3, -0.25) is 4.79 Å². The second kappa shape index (κ2) is 8.24. The highest BCUT2D eigenvalue weighted by Gasteiger charge is 2.25. The maximum atomic E-state index is 12.0. The molecule has 3 N–H and O–H groups in total. The minimum absolute atomic E-state index is 0.0338. The number of hydrogen-bond acceptors (Lipinski definition) is 5. The lowest BCUT2D eigenvalue weighted by Gasteiger charge is -2.21. The molecule has 0 aromatic heterocycles. The minimum atomic E-state index is -0.162. The molecular weight excluding hydrogens is 306 g/mol. The van der Waals surface area contributed by atoms with E-state index in [9.17, 15) is 4.79 Å². The highest BCUT2D eigenvalue weighted by atomic mass is 16.5. The quantitative estimate of drug-likeness (QED) is 0.792. The van der Waals surface area contributed by atoms with Gasteiger partial charge >= 0.3 is 0 Å². The van der Waals surface area contributed by atoms with Crippen LogP contribution in [0.5, 0.6) is 11.5 Å². The predicted octanol–water partition coefficient (Wildman–Crippen LogP) is 1.63. The third-order valence-electron chi connectivity index (χ3n) is 4.75. The van der Waals surface area contributed by atoms with Crippen LogP contribution in [-0.4, -0.2) is 45.8 Å². The Morgan fingerprint density at radius 3 is 2.46 bits per heavy atom. The molecule has 6 heteroatoms. The summed E-state index contributed by atoms with van der Waals surface area (Å²) >= 11 is 0. The lowest BCUT2D eigenvalue weighted by Crippen LogP contribution is -2.40. The number of ether oxygens (including phenoxy) is 2. The summed E-state index contributed by atoms with van der Waals surface area (Å²) in [5.74, 6) is 1.88. The molecule has 3 atom stereocenters. The molecule has 0 bridgehead atoms. The molecule has 1 aromatic carbocycles. The van der Waals surface area contributed by atoms with Crippen LogP contribution in [0.25, 0.3) is 0 Å². The van der Waals surface area contributed by atoms with Crippen LogP contribution in [0.2, 0.25) is 0 Å². The SMILES string of the molecule is COc1cc(OC)cc(N2CCC(CNC(=O)C(C)C(C)N)C2)c1. The summed E-state index contributed by atoms with van der Waals surface area (Å²) in [7, 11) is 3.31. The Balaban J connectivity index is 1.92. The smallest absolute Gasteiger partial charge is 0.224 e. The molecule has 1 aromatic rings. The van der Waals surface area contributed by atoms with E-state index in [1.165, 1.54) is 0 Å². The first-order chi connectivity index (χ1) is 11.4. The standard InChI is InChI=1S/C18H29N3O3/c1-12(13(2)19)18(22)20-10-14-5-6-21(11-14)15-7-16(23-3)9-17(8-15)24-4/h7-9,12-14H,5-6,10-11,19H2,1-4H3,(H,20,22). The normalized spacial score (nSPS) is 19.7. The molecule has 1 fully saturated rings. The zero-order valence-electron chi connectivity index (χ0n) is 15.0. The zero-order valence-corrected chi connectivity index (χ0v) is 15.0. The van der Waals surface area contributed by atoms with E-state index in [2.05, 4.69) is 10.2 Å². The van der Waals surface area contributed by atoms with Crippen molar-refractivity contribution in [2.75, 3.05) is 38.8 Å². The Bertz CT molecular complexity index is 540. The van der Waals surface area contributed by atoms with Gasteiger partial charge in [0.15, 0.2) is 0 Å². The molecule has 1 saturated heterocycles. The van der Waals surface area contributed by atoms with E-state index in [1.807, 2.05) is 32.0 Å². The summed E-state index contributed by atoms with van der Waals surface area (Å²) in [5.41, 5.74) is 6.87. The Labute approximate surface area is 144 Å². The van der Waals surface area contributed by atoms with Crippen LogP contribution in [0, 0.1) is 11.8 Å². The summed E-state index contributed by atoms with van der Waals surface area (Å²) in [6.07, 6.45) is 1.05. The predicted molar refractivity (Wildman–Crippen MR) is 95.7 cm³/mol. The monoisotopic (exact) mass is 335 g/mol. The number of nitrogens with one attached hydrogen (secondary N) is 1. The van der Waals surface area contributed by atoms with Crippen LogP contribution >= 0.6 is 0 Å². The third-order valence-corrected chi connectivity index (χ3v) is 4.75. The van der Waals surface area contributed by atoms with Gasteiger partial charge in [-0.1, -0.05) is 6.92 Å². The van der Waals surface area contributed by atoms with E-state index in [4.69, 9.17) is 15.2 Å². The van der Waals surface area contributed by atoms with Crippen LogP contribution < -0.4 is 25.4 Å². The molecule has 0 radical (unpaired) electrons. The fraction of sp³-hybridized carbons (Fsp3) is 0.611. The Hall–Kier alpha value is -1.95. The molecule has 1 aliphatic heterocycles. The number of anilines is 1. The van der Waals surface area contributed by atoms with E-state index in [0.717, 1.165) is 36.7 Å². The molecule has 2 rings (SSSR count). The van der Waals surface area contributed by atoms with Gasteiger partial charge in [-0.2, -0.15) is 0 Å². The number of benzene rings is 1. The van der Waals surface area contributed by atoms with E-state index < -0.39 is 0 Å². The highest BCUT2D eigenvalue weighted by Crippen LogP contribution is 2.31. The summed E-state index contributed by atoms with van der Waals surface area (Å²) in [4.78, 5) is 14.3. The molecule has 0 spiro atoms. The van der Waals surface area contributed by atoms with Crippen LogP contribution in [0.4, 0.5) is 5.69 Å². The summed E-state index contributed by atoms with van der Waals surface area (Å²) in [6.45, 7) is 6.28. The minimum Gasteiger partial charge on any atom is -0.497 e. The third kappa shape index (κ3) is 4.54. The highest BCUT2D eigenvalue weighted by molar-refractivity contribution is 5.78. The van der Waals surface area contributed by atoms with Crippen LogP contribution in [0.3, 0.4) is 0 Å². The van der Waals surface area contributed by atoms with Gasteiger partial charge in [0.2, 0.25) is 5.91 Å². The van der Waals surface area contributed by atoms with Gasteiger partial charge in [0.25, 0.3) is 0 Å². The Morgan fingerprint density at radius 2 is 1.92 bits per heavy atom. The van der Waals surface area contributed by atoms with Crippen molar-refractivity contribution in [1.29, 1.82) is 0 Å². The maximum Gasteiger partial charge on any atom is 0.224 e. The molecule has 6 nitrogen and oxygen atoms in total. The molecule has 1 heterocycles. The summed E-state index contributed by atoms with van der Waals surface area (Å²) in [6, 6.07) is 5.77. The Morgan fingerprint density at radius 1 is 1.29 bits per heavy atom. The molecule has 0 saturated carbocycles. The first kappa shape index (κ1) is 18.4. The number of methoxy groups -OCH3 is 2. The van der Waals surface area contributed by atoms with E-state index in [1.54, 1.807) is 14.2 Å². The van der Waals surface area contributed by atoms with Gasteiger partial charge in [-0.05, 0) is 19.3 Å². The molecule has 1 aliphatic rings. The molecular formula is C18H29N3O3. The van der Waals surface area contributed by atoms with Crippen LogP contribution in [0.15, 0.2) is 18.2 Å². The Kier molecular flexibility index (Phi) is 6.31. The fourth-order valence-corrected chi connectivity index (χ4v) is 2.85. The van der Waals surface area contributed by atoms with E-state index in [0.29, 0.717) is 12.5 Å². The average Bonchev–Trinajstić information content (AvgIpc) is 3.07. The second-order valence-electron chi connectivity index (χ2n) is 6.56. The topological polar surface area (TPSA) is 76.8 Å². The number of nitrogens with zero attached hydrogens (tertiary/aromatic N) is 1. The molecule has 3 unspecified atom stereocenters. The van der Waals surface area contributed by atoms with Gasteiger partial charge in [0.1, 0.15) is 11.5 Å². The van der Waals surface area contributed by atoms with Gasteiger partial charge in [-0.15, -0.1) is 0 Å². The van der Waals surface area contributed by atoms with Crippen molar-refractivity contribution in [2.24, 2.45) is 17.6 Å². The summed E-state index contributed by atoms with van der Waals surface area (Å²) in [5, 5.41) is 3.03. The number of amides is 1. The molecule has 24 heavy (non-hydrogen) atoms. The van der Waals surface area contributed by atoms with Crippen molar-refractivity contribution in [3.63, 3.8) is 0 Å². The molecule has 0 aliphatic carbocycles. The van der Waals surface area contributed by atoms with Crippen molar-refractivity contribution in [2.45, 2.75) is 26.3 Å².